The quantitative estimate of drug-likeness (QED) is 0.228. The van der Waals surface area contributed by atoms with Gasteiger partial charge in [0.2, 0.25) is 0 Å². The zero-order valence-corrected chi connectivity index (χ0v) is 21.3. The van der Waals surface area contributed by atoms with Gasteiger partial charge in [0.1, 0.15) is 18.2 Å². The average molecular weight is 585 g/mol. The van der Waals surface area contributed by atoms with E-state index in [1.165, 1.54) is 6.42 Å². The number of carbonyl (C=O) groups excluding carboxylic acids is 1. The summed E-state index contributed by atoms with van der Waals surface area (Å²) in [6.07, 6.45) is 6.90. The summed E-state index contributed by atoms with van der Waals surface area (Å²) in [5, 5.41) is 13.6. The van der Waals surface area contributed by atoms with E-state index in [1.807, 2.05) is 18.2 Å². The van der Waals surface area contributed by atoms with Crippen LogP contribution in [-0.2, 0) is 11.4 Å². The lowest BCUT2D eigenvalue weighted by atomic mass is 9.95. The molecule has 5 nitrogen and oxygen atoms in total. The van der Waals surface area contributed by atoms with Gasteiger partial charge in [-0.2, -0.15) is 5.26 Å². The molecular formula is C24H23Cl2IN2O3. The van der Waals surface area contributed by atoms with E-state index in [4.69, 9.17) is 32.7 Å². The molecule has 2 aromatic carbocycles. The van der Waals surface area contributed by atoms with Crippen molar-refractivity contribution in [2.24, 2.45) is 0 Å². The summed E-state index contributed by atoms with van der Waals surface area (Å²) < 4.78 is 12.3. The molecule has 0 radical (unpaired) electrons. The molecule has 168 valence electrons. The molecule has 8 heteroatoms. The minimum atomic E-state index is -0.342. The standard InChI is InChI=1S/C24H23Cl2IN2O3/c1-31-22-11-15(9-17(13-28)24(30)29-19-5-3-2-4-6-19)10-21(27)23(22)32-14-16-7-8-18(25)12-20(16)26/h7-12,19H,2-6,14H2,1H3,(H,29,30)/b17-9+. The Morgan fingerprint density at radius 2 is 2.00 bits per heavy atom. The fourth-order valence-corrected chi connectivity index (χ4v) is 4.82. The van der Waals surface area contributed by atoms with Crippen LogP contribution in [0, 0.1) is 14.9 Å². The largest absolute Gasteiger partial charge is 0.493 e. The number of methoxy groups -OCH3 is 1. The molecular weight excluding hydrogens is 562 g/mol. The molecule has 2 aromatic rings. The monoisotopic (exact) mass is 584 g/mol. The van der Waals surface area contributed by atoms with Crippen molar-refractivity contribution >= 4 is 57.8 Å². The number of carbonyl (C=O) groups is 1. The minimum absolute atomic E-state index is 0.0649. The Morgan fingerprint density at radius 3 is 2.66 bits per heavy atom. The van der Waals surface area contributed by atoms with E-state index in [-0.39, 0.29) is 24.1 Å². The first kappa shape index (κ1) is 24.7. The SMILES string of the molecule is COc1cc(/C=C(\C#N)C(=O)NC2CCCCC2)cc(I)c1OCc1ccc(Cl)cc1Cl. The third-order valence-electron chi connectivity index (χ3n) is 5.26. The van der Waals surface area contributed by atoms with E-state index in [0.717, 1.165) is 34.8 Å². The second-order valence-electron chi connectivity index (χ2n) is 7.54. The molecule has 1 fully saturated rings. The highest BCUT2D eigenvalue weighted by atomic mass is 127. The van der Waals surface area contributed by atoms with Gasteiger partial charge in [0.05, 0.1) is 10.7 Å². The van der Waals surface area contributed by atoms with Gasteiger partial charge in [-0.15, -0.1) is 0 Å². The molecule has 1 aliphatic rings. The molecule has 0 spiro atoms. The topological polar surface area (TPSA) is 71.3 Å². The molecule has 32 heavy (non-hydrogen) atoms. The molecule has 1 saturated carbocycles. The van der Waals surface area contributed by atoms with E-state index in [9.17, 15) is 10.1 Å². The molecule has 0 unspecified atom stereocenters. The fraction of sp³-hybridized carbons (Fsp3) is 0.333. The molecule has 3 rings (SSSR count). The highest BCUT2D eigenvalue weighted by Crippen LogP contribution is 2.36. The number of nitriles is 1. The second kappa shape index (κ2) is 11.8. The third-order valence-corrected chi connectivity index (χ3v) is 6.64. The van der Waals surface area contributed by atoms with Crippen molar-refractivity contribution in [3.05, 3.63) is 60.6 Å². The number of nitrogens with one attached hydrogen (secondary N) is 1. The number of amides is 1. The molecule has 1 aliphatic carbocycles. The van der Waals surface area contributed by atoms with E-state index in [2.05, 4.69) is 27.9 Å². The number of ether oxygens (including phenoxy) is 2. The van der Waals surface area contributed by atoms with Crippen LogP contribution in [0.1, 0.15) is 43.2 Å². The number of nitrogens with zero attached hydrogens (tertiary/aromatic N) is 1. The maximum Gasteiger partial charge on any atom is 0.262 e. The Morgan fingerprint density at radius 1 is 1.25 bits per heavy atom. The van der Waals surface area contributed by atoms with Crippen LogP contribution >= 0.6 is 45.8 Å². The van der Waals surface area contributed by atoms with Gasteiger partial charge in [-0.3, -0.25) is 4.79 Å². The van der Waals surface area contributed by atoms with Crippen LogP contribution in [0.5, 0.6) is 11.5 Å². The van der Waals surface area contributed by atoms with Crippen LogP contribution < -0.4 is 14.8 Å². The molecule has 0 atom stereocenters. The van der Waals surface area contributed by atoms with Crippen molar-refractivity contribution in [3.8, 4) is 17.6 Å². The van der Waals surface area contributed by atoms with Gasteiger partial charge in [-0.1, -0.05) is 48.5 Å². The lowest BCUT2D eigenvalue weighted by molar-refractivity contribution is -0.117. The molecule has 1 N–H and O–H groups in total. The predicted molar refractivity (Wildman–Crippen MR) is 135 cm³/mol. The number of benzene rings is 2. The summed E-state index contributed by atoms with van der Waals surface area (Å²) in [4.78, 5) is 12.6. The molecule has 0 heterocycles. The number of hydrogen-bond donors (Lipinski definition) is 1. The summed E-state index contributed by atoms with van der Waals surface area (Å²) >= 11 is 14.3. The van der Waals surface area contributed by atoms with E-state index >= 15 is 0 Å². The Balaban J connectivity index is 1.78. The highest BCUT2D eigenvalue weighted by molar-refractivity contribution is 14.1. The van der Waals surface area contributed by atoms with Crippen molar-refractivity contribution in [2.75, 3.05) is 7.11 Å². The number of rotatable bonds is 7. The third kappa shape index (κ3) is 6.53. The van der Waals surface area contributed by atoms with Crippen LogP contribution in [0.4, 0.5) is 0 Å². The minimum Gasteiger partial charge on any atom is -0.493 e. The number of halogens is 3. The van der Waals surface area contributed by atoms with Crippen molar-refractivity contribution in [1.29, 1.82) is 5.26 Å². The maximum absolute atomic E-state index is 12.6. The summed E-state index contributed by atoms with van der Waals surface area (Å²) in [6, 6.07) is 11.0. The summed E-state index contributed by atoms with van der Waals surface area (Å²) in [6.45, 7) is 0.241. The highest BCUT2D eigenvalue weighted by Gasteiger charge is 2.19. The molecule has 0 bridgehead atoms. The zero-order valence-electron chi connectivity index (χ0n) is 17.6. The van der Waals surface area contributed by atoms with Gasteiger partial charge in [-0.25, -0.2) is 0 Å². The first-order valence-electron chi connectivity index (χ1n) is 10.3. The summed E-state index contributed by atoms with van der Waals surface area (Å²) in [5.74, 6) is 0.714. The van der Waals surface area contributed by atoms with Crippen molar-refractivity contribution < 1.29 is 14.3 Å². The van der Waals surface area contributed by atoms with Gasteiger partial charge in [0.25, 0.3) is 5.91 Å². The number of hydrogen-bond acceptors (Lipinski definition) is 4. The van der Waals surface area contributed by atoms with Crippen LogP contribution in [0.15, 0.2) is 35.9 Å². The van der Waals surface area contributed by atoms with Crippen LogP contribution in [0.2, 0.25) is 10.0 Å². The van der Waals surface area contributed by atoms with Gasteiger partial charge in [0.15, 0.2) is 11.5 Å². The van der Waals surface area contributed by atoms with Crippen molar-refractivity contribution in [1.82, 2.24) is 5.32 Å². The normalized spacial score (nSPS) is 14.5. The second-order valence-corrected chi connectivity index (χ2v) is 9.54. The maximum atomic E-state index is 12.6. The first-order valence-corrected chi connectivity index (χ1v) is 12.1. The Hall–Kier alpha value is -1.95. The summed E-state index contributed by atoms with van der Waals surface area (Å²) in [5.41, 5.74) is 1.54. The lowest BCUT2D eigenvalue weighted by Gasteiger charge is -2.22. The smallest absolute Gasteiger partial charge is 0.262 e. The fourth-order valence-electron chi connectivity index (χ4n) is 3.58. The van der Waals surface area contributed by atoms with E-state index < -0.39 is 0 Å². The average Bonchev–Trinajstić information content (AvgIpc) is 2.78. The van der Waals surface area contributed by atoms with Gasteiger partial charge < -0.3 is 14.8 Å². The van der Waals surface area contributed by atoms with E-state index in [0.29, 0.717) is 27.1 Å². The summed E-state index contributed by atoms with van der Waals surface area (Å²) in [7, 11) is 1.54. The molecule has 0 saturated heterocycles. The predicted octanol–water partition coefficient (Wildman–Crippen LogP) is 6.54. The van der Waals surface area contributed by atoms with Crippen LogP contribution in [-0.4, -0.2) is 19.1 Å². The van der Waals surface area contributed by atoms with E-state index in [1.54, 1.807) is 31.4 Å². The Kier molecular flexibility index (Phi) is 9.09. The van der Waals surface area contributed by atoms with Gasteiger partial charge in [-0.05, 0) is 71.3 Å². The van der Waals surface area contributed by atoms with Crippen LogP contribution in [0.3, 0.4) is 0 Å². The zero-order chi connectivity index (χ0) is 23.1. The van der Waals surface area contributed by atoms with Gasteiger partial charge >= 0.3 is 0 Å². The van der Waals surface area contributed by atoms with Gasteiger partial charge in [0, 0.05) is 21.7 Å². The molecule has 0 aromatic heterocycles. The first-order chi connectivity index (χ1) is 15.4. The molecule has 1 amide bonds. The molecule has 0 aliphatic heterocycles. The Labute approximate surface area is 211 Å². The van der Waals surface area contributed by atoms with Crippen molar-refractivity contribution in [2.45, 2.75) is 44.8 Å². The van der Waals surface area contributed by atoms with Crippen LogP contribution in [0.25, 0.3) is 6.08 Å². The Bertz CT molecular complexity index is 1060. The lowest BCUT2D eigenvalue weighted by Crippen LogP contribution is -2.36. The van der Waals surface area contributed by atoms with Crippen molar-refractivity contribution in [3.63, 3.8) is 0 Å².